The maximum absolute atomic E-state index is 6.04. The number of nitrogens with two attached hydrogens (primary N) is 1. The van der Waals surface area contributed by atoms with Gasteiger partial charge in [-0.1, -0.05) is 29.8 Å². The van der Waals surface area contributed by atoms with Gasteiger partial charge in [0.2, 0.25) is 0 Å². The van der Waals surface area contributed by atoms with E-state index < -0.39 is 0 Å². The normalized spacial score (nSPS) is 25.7. The number of halogens is 1. The third kappa shape index (κ3) is 2.69. The molecule has 2 N–H and O–H groups in total. The first-order valence-electron chi connectivity index (χ1n) is 5.00. The number of hydrogen-bond acceptors (Lipinski definition) is 3. The molecule has 0 bridgehead atoms. The molecule has 0 aromatic heterocycles. The van der Waals surface area contributed by atoms with Crippen LogP contribution in [0.15, 0.2) is 24.3 Å². The van der Waals surface area contributed by atoms with Crippen molar-refractivity contribution in [3.05, 3.63) is 34.9 Å². The number of rotatable bonds is 3. The van der Waals surface area contributed by atoms with Crippen molar-refractivity contribution in [1.29, 1.82) is 0 Å². The lowest BCUT2D eigenvalue weighted by atomic mass is 10.1. The lowest BCUT2D eigenvalue weighted by Crippen LogP contribution is -2.23. The molecule has 0 aliphatic carbocycles. The molecule has 2 unspecified atom stereocenters. The second kappa shape index (κ2) is 4.94. The largest absolute Gasteiger partial charge is 0.350 e. The summed E-state index contributed by atoms with van der Waals surface area (Å²) in [5.74, 6) is 0. The van der Waals surface area contributed by atoms with E-state index in [-0.39, 0.29) is 12.4 Å². The Hall–Kier alpha value is -0.610. The Morgan fingerprint density at radius 2 is 2.20 bits per heavy atom. The van der Waals surface area contributed by atoms with Crippen molar-refractivity contribution >= 4 is 11.6 Å². The molecule has 1 aromatic carbocycles. The van der Waals surface area contributed by atoms with Crippen molar-refractivity contribution in [3.63, 3.8) is 0 Å². The fourth-order valence-corrected chi connectivity index (χ4v) is 1.79. The zero-order valence-corrected chi connectivity index (χ0v) is 9.11. The van der Waals surface area contributed by atoms with Gasteiger partial charge in [-0.25, -0.2) is 0 Å². The number of ether oxygens (including phenoxy) is 2. The smallest absolute Gasteiger partial charge is 0.162 e. The Morgan fingerprint density at radius 3 is 2.87 bits per heavy atom. The molecular formula is C11H14ClNO2. The van der Waals surface area contributed by atoms with Crippen LogP contribution in [0.5, 0.6) is 0 Å². The second-order valence-corrected chi connectivity index (χ2v) is 3.96. The molecule has 1 fully saturated rings. The molecule has 2 rings (SSSR count). The van der Waals surface area contributed by atoms with Crippen LogP contribution in [0.3, 0.4) is 0 Å². The fraction of sp³-hybridized carbons (Fsp3) is 0.455. The van der Waals surface area contributed by atoms with Gasteiger partial charge in [0.05, 0.1) is 12.7 Å². The first kappa shape index (κ1) is 10.9. The highest BCUT2D eigenvalue weighted by molar-refractivity contribution is 6.31. The summed E-state index contributed by atoms with van der Waals surface area (Å²) in [7, 11) is 0. The molecule has 1 aliphatic heterocycles. The molecule has 0 saturated carbocycles. The molecule has 2 atom stereocenters. The zero-order chi connectivity index (χ0) is 10.7. The molecular weight excluding hydrogens is 214 g/mol. The predicted molar refractivity (Wildman–Crippen MR) is 58.8 cm³/mol. The van der Waals surface area contributed by atoms with Crippen molar-refractivity contribution in [1.82, 2.24) is 0 Å². The van der Waals surface area contributed by atoms with E-state index in [0.717, 1.165) is 10.6 Å². The first-order chi connectivity index (χ1) is 7.29. The highest BCUT2D eigenvalue weighted by atomic mass is 35.5. The monoisotopic (exact) mass is 227 g/mol. The predicted octanol–water partition coefficient (Wildman–Crippen LogP) is 1.58. The van der Waals surface area contributed by atoms with Gasteiger partial charge in [0.25, 0.3) is 0 Å². The Balaban J connectivity index is 1.96. The quantitative estimate of drug-likeness (QED) is 0.853. The van der Waals surface area contributed by atoms with Gasteiger partial charge in [0.1, 0.15) is 0 Å². The first-order valence-corrected chi connectivity index (χ1v) is 5.38. The third-order valence-corrected chi connectivity index (χ3v) is 2.79. The van der Waals surface area contributed by atoms with Crippen LogP contribution in [0, 0.1) is 0 Å². The molecule has 1 saturated heterocycles. The summed E-state index contributed by atoms with van der Waals surface area (Å²) in [4.78, 5) is 0. The van der Waals surface area contributed by atoms with Gasteiger partial charge < -0.3 is 15.2 Å². The number of benzene rings is 1. The van der Waals surface area contributed by atoms with Crippen LogP contribution in [0.25, 0.3) is 0 Å². The van der Waals surface area contributed by atoms with Crippen molar-refractivity contribution in [2.75, 3.05) is 13.2 Å². The van der Waals surface area contributed by atoms with Crippen molar-refractivity contribution in [2.24, 2.45) is 5.73 Å². The minimum Gasteiger partial charge on any atom is -0.350 e. The maximum Gasteiger partial charge on any atom is 0.162 e. The van der Waals surface area contributed by atoms with Crippen molar-refractivity contribution < 1.29 is 9.47 Å². The molecule has 1 aliphatic rings. The van der Waals surface area contributed by atoms with Crippen LogP contribution in [0.4, 0.5) is 0 Å². The molecule has 0 spiro atoms. The highest BCUT2D eigenvalue weighted by Gasteiger charge is 2.25. The van der Waals surface area contributed by atoms with Gasteiger partial charge in [-0.05, 0) is 11.6 Å². The Labute approximate surface area is 94.1 Å². The van der Waals surface area contributed by atoms with Crippen molar-refractivity contribution in [3.8, 4) is 0 Å². The summed E-state index contributed by atoms with van der Waals surface area (Å²) in [5, 5.41) is 0.751. The Bertz CT molecular complexity index is 332. The summed E-state index contributed by atoms with van der Waals surface area (Å²) >= 11 is 6.04. The highest BCUT2D eigenvalue weighted by Crippen LogP contribution is 2.21. The van der Waals surface area contributed by atoms with Gasteiger partial charge in [-0.3, -0.25) is 0 Å². The van der Waals surface area contributed by atoms with E-state index >= 15 is 0 Å². The van der Waals surface area contributed by atoms with Crippen LogP contribution in [0.1, 0.15) is 5.56 Å². The molecule has 1 aromatic rings. The fourth-order valence-electron chi connectivity index (χ4n) is 1.58. The van der Waals surface area contributed by atoms with Gasteiger partial charge >= 0.3 is 0 Å². The SMILES string of the molecule is NCC1COC(Cc2ccccc2Cl)O1. The summed E-state index contributed by atoms with van der Waals surface area (Å²) < 4.78 is 11.0. The second-order valence-electron chi connectivity index (χ2n) is 3.55. The maximum atomic E-state index is 6.04. The summed E-state index contributed by atoms with van der Waals surface area (Å²) in [6.07, 6.45) is 0.492. The summed E-state index contributed by atoms with van der Waals surface area (Å²) in [6.45, 7) is 1.07. The zero-order valence-electron chi connectivity index (χ0n) is 8.36. The lowest BCUT2D eigenvalue weighted by molar-refractivity contribution is -0.0541. The summed E-state index contributed by atoms with van der Waals surface area (Å²) in [5.41, 5.74) is 6.53. The van der Waals surface area contributed by atoms with Gasteiger partial charge in [-0.15, -0.1) is 0 Å². The van der Waals surface area contributed by atoms with E-state index in [9.17, 15) is 0 Å². The van der Waals surface area contributed by atoms with Crippen molar-refractivity contribution in [2.45, 2.75) is 18.8 Å². The van der Waals surface area contributed by atoms with Crippen LogP contribution in [-0.4, -0.2) is 25.5 Å². The Kier molecular flexibility index (Phi) is 3.59. The van der Waals surface area contributed by atoms with Crippen LogP contribution in [0.2, 0.25) is 5.02 Å². The minimum atomic E-state index is -0.210. The molecule has 4 heteroatoms. The van der Waals surface area contributed by atoms with Gasteiger partial charge in [0.15, 0.2) is 6.29 Å². The van der Waals surface area contributed by atoms with Crippen LogP contribution >= 0.6 is 11.6 Å². The van der Waals surface area contributed by atoms with E-state index in [0.29, 0.717) is 19.6 Å². The number of hydrogen-bond donors (Lipinski definition) is 1. The standard InChI is InChI=1S/C11H14ClNO2/c12-10-4-2-1-3-8(10)5-11-14-7-9(6-13)15-11/h1-4,9,11H,5-7,13H2. The van der Waals surface area contributed by atoms with E-state index in [1.54, 1.807) is 0 Å². The van der Waals surface area contributed by atoms with E-state index in [2.05, 4.69) is 0 Å². The average Bonchev–Trinajstić information content (AvgIpc) is 2.69. The third-order valence-electron chi connectivity index (χ3n) is 2.42. The summed E-state index contributed by atoms with van der Waals surface area (Å²) in [6, 6.07) is 7.71. The minimum absolute atomic E-state index is 0.0255. The molecule has 82 valence electrons. The van der Waals surface area contributed by atoms with Crippen LogP contribution < -0.4 is 5.73 Å². The van der Waals surface area contributed by atoms with E-state index in [1.807, 2.05) is 24.3 Å². The molecule has 1 heterocycles. The van der Waals surface area contributed by atoms with Crippen LogP contribution in [-0.2, 0) is 15.9 Å². The lowest BCUT2D eigenvalue weighted by Gasteiger charge is -2.11. The van der Waals surface area contributed by atoms with E-state index in [1.165, 1.54) is 0 Å². The van der Waals surface area contributed by atoms with Gasteiger partial charge in [0, 0.05) is 18.0 Å². The molecule has 3 nitrogen and oxygen atoms in total. The van der Waals surface area contributed by atoms with Gasteiger partial charge in [-0.2, -0.15) is 0 Å². The molecule has 0 amide bonds. The van der Waals surface area contributed by atoms with E-state index in [4.69, 9.17) is 26.8 Å². The topological polar surface area (TPSA) is 44.5 Å². The average molecular weight is 228 g/mol. The molecule has 15 heavy (non-hydrogen) atoms. The molecule has 0 radical (unpaired) electrons. The Morgan fingerprint density at radius 1 is 1.40 bits per heavy atom.